The first-order valence-electron chi connectivity index (χ1n) is 5.96. The molecule has 0 bridgehead atoms. The Morgan fingerprint density at radius 3 is 2.79 bits per heavy atom. The summed E-state index contributed by atoms with van der Waals surface area (Å²) in [7, 11) is 0. The van der Waals surface area contributed by atoms with Gasteiger partial charge in [0.1, 0.15) is 5.82 Å². The molecule has 0 fully saturated rings. The van der Waals surface area contributed by atoms with Crippen LogP contribution in [0.1, 0.15) is 5.82 Å². The van der Waals surface area contributed by atoms with Gasteiger partial charge in [0, 0.05) is 18.9 Å². The van der Waals surface area contributed by atoms with Gasteiger partial charge in [-0.15, -0.1) is 11.6 Å². The van der Waals surface area contributed by atoms with Gasteiger partial charge in [-0.25, -0.2) is 4.98 Å². The number of hydrogen-bond acceptors (Lipinski definition) is 2. The highest BCUT2D eigenvalue weighted by Gasteiger charge is 2.12. The van der Waals surface area contributed by atoms with Crippen LogP contribution in [0.5, 0.6) is 0 Å². The van der Waals surface area contributed by atoms with Crippen molar-refractivity contribution in [3.8, 4) is 0 Å². The van der Waals surface area contributed by atoms with Crippen LogP contribution < -0.4 is 0 Å². The number of alkyl halides is 1. The van der Waals surface area contributed by atoms with Gasteiger partial charge in [-0.05, 0) is 18.2 Å². The number of rotatable bonds is 4. The lowest BCUT2D eigenvalue weighted by Gasteiger charge is -2.08. The maximum atomic E-state index is 6.27. The van der Waals surface area contributed by atoms with E-state index in [0.717, 1.165) is 29.9 Å². The molecule has 0 saturated carbocycles. The van der Waals surface area contributed by atoms with Gasteiger partial charge in [0.25, 0.3) is 0 Å². The summed E-state index contributed by atoms with van der Waals surface area (Å²) in [5.41, 5.74) is 1.82. The fourth-order valence-corrected chi connectivity index (χ4v) is 2.64. The van der Waals surface area contributed by atoms with E-state index in [-0.39, 0.29) is 0 Å². The number of aryl methyl sites for hydroxylation is 2. The van der Waals surface area contributed by atoms with E-state index >= 15 is 0 Å². The van der Waals surface area contributed by atoms with E-state index in [1.165, 1.54) is 0 Å². The van der Waals surface area contributed by atoms with Gasteiger partial charge >= 0.3 is 0 Å². The smallest absolute Gasteiger partial charge is 0.124 e. The van der Waals surface area contributed by atoms with Crippen LogP contribution in [0.15, 0.2) is 36.7 Å². The topological polar surface area (TPSA) is 35.6 Å². The first-order chi connectivity index (χ1) is 9.29. The second-order valence-corrected chi connectivity index (χ2v) is 4.86. The van der Waals surface area contributed by atoms with Crippen molar-refractivity contribution in [1.82, 2.24) is 19.3 Å². The molecule has 2 heterocycles. The quantitative estimate of drug-likeness (QED) is 0.692. The van der Waals surface area contributed by atoms with Gasteiger partial charge in [-0.2, -0.15) is 5.10 Å². The van der Waals surface area contributed by atoms with Crippen LogP contribution in [0.4, 0.5) is 0 Å². The molecule has 1 aromatic carbocycles. The lowest BCUT2D eigenvalue weighted by Crippen LogP contribution is -2.10. The zero-order valence-corrected chi connectivity index (χ0v) is 11.6. The number of nitrogens with zero attached hydrogens (tertiary/aromatic N) is 4. The van der Waals surface area contributed by atoms with Crippen molar-refractivity contribution in [3.63, 3.8) is 0 Å². The summed E-state index contributed by atoms with van der Waals surface area (Å²) in [5, 5.41) is 4.89. The van der Waals surface area contributed by atoms with Gasteiger partial charge in [0.05, 0.1) is 28.5 Å². The summed E-state index contributed by atoms with van der Waals surface area (Å²) in [6.45, 7) is 1.50. The second-order valence-electron chi connectivity index (χ2n) is 4.19. The predicted molar refractivity (Wildman–Crippen MR) is 76.5 cm³/mol. The molecular formula is C13H12Cl2N4. The van der Waals surface area contributed by atoms with Crippen LogP contribution in [0.25, 0.3) is 11.0 Å². The molecule has 3 rings (SSSR count). The number of para-hydroxylation sites is 1. The number of halogens is 2. The predicted octanol–water partition coefficient (Wildman–Crippen LogP) is 3.33. The van der Waals surface area contributed by atoms with Crippen molar-refractivity contribution < 1.29 is 0 Å². The van der Waals surface area contributed by atoms with E-state index in [9.17, 15) is 0 Å². The van der Waals surface area contributed by atoms with Crippen molar-refractivity contribution in [3.05, 3.63) is 47.5 Å². The minimum absolute atomic E-state index is 0.365. The Kier molecular flexibility index (Phi) is 3.44. The van der Waals surface area contributed by atoms with Gasteiger partial charge in [-0.3, -0.25) is 4.68 Å². The fourth-order valence-electron chi connectivity index (χ4n) is 2.17. The van der Waals surface area contributed by atoms with Crippen molar-refractivity contribution in [2.45, 2.75) is 19.0 Å². The number of benzene rings is 1. The molecule has 0 radical (unpaired) electrons. The van der Waals surface area contributed by atoms with Crippen molar-refractivity contribution in [2.24, 2.45) is 0 Å². The van der Waals surface area contributed by atoms with Gasteiger partial charge in [0.2, 0.25) is 0 Å². The molecule has 0 spiro atoms. The molecule has 98 valence electrons. The molecule has 0 aliphatic rings. The normalized spacial score (nSPS) is 11.3. The van der Waals surface area contributed by atoms with Crippen LogP contribution in [0, 0.1) is 0 Å². The van der Waals surface area contributed by atoms with E-state index in [2.05, 4.69) is 14.6 Å². The third kappa shape index (κ3) is 2.33. The fraction of sp³-hybridized carbons (Fsp3) is 0.231. The summed E-state index contributed by atoms with van der Waals surface area (Å²) in [5.74, 6) is 1.20. The summed E-state index contributed by atoms with van der Waals surface area (Å²) in [4.78, 5) is 4.51. The molecule has 0 amide bonds. The number of hydrogen-bond donors (Lipinski definition) is 0. The molecule has 0 aliphatic heterocycles. The molecule has 3 aromatic rings. The third-order valence-corrected chi connectivity index (χ3v) is 3.57. The largest absolute Gasteiger partial charge is 0.324 e. The average molecular weight is 295 g/mol. The van der Waals surface area contributed by atoms with Gasteiger partial charge < -0.3 is 4.57 Å². The molecule has 19 heavy (non-hydrogen) atoms. The van der Waals surface area contributed by atoms with Crippen LogP contribution in [0.2, 0.25) is 5.02 Å². The Balaban J connectivity index is 2.00. The zero-order valence-electron chi connectivity index (χ0n) is 10.1. The van der Waals surface area contributed by atoms with Crippen LogP contribution in [0.3, 0.4) is 0 Å². The molecule has 0 N–H and O–H groups in total. The van der Waals surface area contributed by atoms with Gasteiger partial charge in [0.15, 0.2) is 0 Å². The lowest BCUT2D eigenvalue weighted by molar-refractivity contribution is 0.533. The molecule has 2 aromatic heterocycles. The summed E-state index contributed by atoms with van der Waals surface area (Å²) in [6.07, 6.45) is 3.70. The van der Waals surface area contributed by atoms with E-state index in [1.807, 2.05) is 35.1 Å². The van der Waals surface area contributed by atoms with E-state index in [0.29, 0.717) is 10.9 Å². The number of aromatic nitrogens is 4. The minimum atomic E-state index is 0.365. The van der Waals surface area contributed by atoms with Crippen LogP contribution in [-0.2, 0) is 19.0 Å². The summed E-state index contributed by atoms with van der Waals surface area (Å²) < 4.78 is 3.94. The number of imidazole rings is 1. The Labute approximate surface area is 120 Å². The maximum absolute atomic E-state index is 6.27. The molecule has 0 saturated heterocycles. The Hall–Kier alpha value is -1.52. The first kappa shape index (κ1) is 12.5. The highest BCUT2D eigenvalue weighted by Crippen LogP contribution is 2.25. The first-order valence-corrected chi connectivity index (χ1v) is 6.88. The van der Waals surface area contributed by atoms with Crippen LogP contribution in [-0.4, -0.2) is 19.3 Å². The molecule has 0 atom stereocenters. The molecular weight excluding hydrogens is 283 g/mol. The summed E-state index contributed by atoms with van der Waals surface area (Å²) >= 11 is 12.2. The standard InChI is InChI=1S/C13H12Cl2N4/c14-9-12-17-11-4-1-3-10(15)13(11)19(12)8-7-18-6-2-5-16-18/h1-6H,7-9H2. The second kappa shape index (κ2) is 5.23. The maximum Gasteiger partial charge on any atom is 0.124 e. The molecule has 6 heteroatoms. The molecule has 0 unspecified atom stereocenters. The van der Waals surface area contributed by atoms with E-state index in [1.54, 1.807) is 6.20 Å². The van der Waals surface area contributed by atoms with Crippen molar-refractivity contribution >= 4 is 34.2 Å². The summed E-state index contributed by atoms with van der Waals surface area (Å²) in [6, 6.07) is 7.62. The highest BCUT2D eigenvalue weighted by atomic mass is 35.5. The Bertz CT molecular complexity index is 688. The third-order valence-electron chi connectivity index (χ3n) is 3.03. The monoisotopic (exact) mass is 294 g/mol. The van der Waals surface area contributed by atoms with E-state index < -0.39 is 0 Å². The Morgan fingerprint density at radius 1 is 1.16 bits per heavy atom. The van der Waals surface area contributed by atoms with Crippen molar-refractivity contribution in [2.75, 3.05) is 0 Å². The SMILES string of the molecule is ClCc1nc2cccc(Cl)c2n1CCn1cccn1. The molecule has 4 nitrogen and oxygen atoms in total. The average Bonchev–Trinajstić information content (AvgIpc) is 3.03. The van der Waals surface area contributed by atoms with Crippen LogP contribution >= 0.6 is 23.2 Å². The highest BCUT2D eigenvalue weighted by molar-refractivity contribution is 6.35. The van der Waals surface area contributed by atoms with Gasteiger partial charge in [-0.1, -0.05) is 17.7 Å². The van der Waals surface area contributed by atoms with E-state index in [4.69, 9.17) is 23.2 Å². The van der Waals surface area contributed by atoms with Crippen molar-refractivity contribution in [1.29, 1.82) is 0 Å². The molecule has 0 aliphatic carbocycles. The lowest BCUT2D eigenvalue weighted by atomic mass is 10.3. The zero-order chi connectivity index (χ0) is 13.2. The minimum Gasteiger partial charge on any atom is -0.324 e. The number of fused-ring (bicyclic) bond motifs is 1. The Morgan fingerprint density at radius 2 is 2.05 bits per heavy atom.